The van der Waals surface area contributed by atoms with Gasteiger partial charge in [0.15, 0.2) is 0 Å². The van der Waals surface area contributed by atoms with Crippen molar-refractivity contribution in [3.05, 3.63) is 35.4 Å². The second-order valence-corrected chi connectivity index (χ2v) is 7.31. The van der Waals surface area contributed by atoms with Gasteiger partial charge in [0.2, 0.25) is 0 Å². The monoisotopic (exact) mass is 262 g/mol. The van der Waals surface area contributed by atoms with Crippen molar-refractivity contribution < 1.29 is 5.11 Å². The molecule has 0 radical (unpaired) electrons. The lowest BCUT2D eigenvalue weighted by atomic mass is 9.75. The van der Waals surface area contributed by atoms with Crippen molar-refractivity contribution in [3.8, 4) is 0 Å². The van der Waals surface area contributed by atoms with E-state index in [9.17, 15) is 5.11 Å². The van der Waals surface area contributed by atoms with Gasteiger partial charge in [-0.15, -0.1) is 0 Å². The van der Waals surface area contributed by atoms with Gasteiger partial charge in [-0.05, 0) is 54.9 Å². The molecule has 1 N–H and O–H groups in total. The lowest BCUT2D eigenvalue weighted by molar-refractivity contribution is 0.0283. The first kappa shape index (κ1) is 12.6. The van der Waals surface area contributed by atoms with Crippen LogP contribution < -0.4 is 0 Å². The summed E-state index contributed by atoms with van der Waals surface area (Å²) in [4.78, 5) is 0. The Kier molecular flexibility index (Phi) is 3.42. The molecule has 0 spiro atoms. The maximum Gasteiger partial charge on any atom is 0.0776 e. The van der Waals surface area contributed by atoms with Gasteiger partial charge >= 0.3 is 0 Å². The fraction of sp³-hybridized carbons (Fsp3) is 0.625. The van der Waals surface area contributed by atoms with E-state index in [0.717, 1.165) is 18.6 Å². The third-order valence-corrected chi connectivity index (χ3v) is 6.13. The van der Waals surface area contributed by atoms with Crippen molar-refractivity contribution in [3.63, 3.8) is 0 Å². The van der Waals surface area contributed by atoms with Crippen LogP contribution in [0.5, 0.6) is 0 Å². The molecule has 3 rings (SSSR count). The minimum atomic E-state index is -0.431. The van der Waals surface area contributed by atoms with Crippen LogP contribution in [0, 0.1) is 0 Å². The lowest BCUT2D eigenvalue weighted by Gasteiger charge is -2.34. The van der Waals surface area contributed by atoms with Crippen molar-refractivity contribution in [2.24, 2.45) is 0 Å². The minimum absolute atomic E-state index is 0.395. The number of benzene rings is 1. The van der Waals surface area contributed by atoms with E-state index >= 15 is 0 Å². The first-order valence-electron chi connectivity index (χ1n) is 7.11. The van der Waals surface area contributed by atoms with Crippen molar-refractivity contribution in [2.45, 2.75) is 55.8 Å². The SMILES string of the molecule is CC1SCCC1(O)CC1CCCc2ccccc21. The standard InChI is InChI=1S/C16H22OS/c1-12-16(17,9-10-18-12)11-14-7-4-6-13-5-2-3-8-15(13)14/h2-3,5,8,12,14,17H,4,6-7,9-11H2,1H3. The van der Waals surface area contributed by atoms with Gasteiger partial charge in [-0.1, -0.05) is 31.2 Å². The van der Waals surface area contributed by atoms with Crippen LogP contribution in [0.15, 0.2) is 24.3 Å². The van der Waals surface area contributed by atoms with Crippen LogP contribution in [-0.4, -0.2) is 21.7 Å². The summed E-state index contributed by atoms with van der Waals surface area (Å²) >= 11 is 1.92. The van der Waals surface area contributed by atoms with Crippen LogP contribution in [0.25, 0.3) is 0 Å². The Morgan fingerprint density at radius 1 is 1.39 bits per heavy atom. The van der Waals surface area contributed by atoms with Gasteiger partial charge in [0.1, 0.15) is 0 Å². The maximum absolute atomic E-state index is 10.8. The molecule has 2 aliphatic rings. The van der Waals surface area contributed by atoms with Crippen LogP contribution in [0.3, 0.4) is 0 Å². The van der Waals surface area contributed by atoms with Gasteiger partial charge in [-0.2, -0.15) is 11.8 Å². The molecule has 0 amide bonds. The molecule has 3 atom stereocenters. The van der Waals surface area contributed by atoms with Crippen LogP contribution in [-0.2, 0) is 6.42 Å². The summed E-state index contributed by atoms with van der Waals surface area (Å²) < 4.78 is 0. The average molecular weight is 262 g/mol. The first-order valence-corrected chi connectivity index (χ1v) is 8.16. The molecular formula is C16H22OS. The molecule has 0 saturated carbocycles. The van der Waals surface area contributed by atoms with Crippen molar-refractivity contribution in [1.82, 2.24) is 0 Å². The number of aliphatic hydroxyl groups is 1. The minimum Gasteiger partial charge on any atom is -0.389 e. The Bertz CT molecular complexity index is 431. The number of fused-ring (bicyclic) bond motifs is 1. The van der Waals surface area contributed by atoms with Crippen LogP contribution in [0.2, 0.25) is 0 Å². The molecule has 0 aromatic heterocycles. The summed E-state index contributed by atoms with van der Waals surface area (Å²) in [5.74, 6) is 1.69. The molecule has 18 heavy (non-hydrogen) atoms. The third kappa shape index (κ3) is 2.21. The molecule has 1 heterocycles. The highest BCUT2D eigenvalue weighted by molar-refractivity contribution is 8.00. The Hall–Kier alpha value is -0.470. The topological polar surface area (TPSA) is 20.2 Å². The van der Waals surface area contributed by atoms with Gasteiger partial charge in [-0.3, -0.25) is 0 Å². The molecule has 98 valence electrons. The summed E-state index contributed by atoms with van der Waals surface area (Å²) in [5.41, 5.74) is 2.58. The molecule has 1 aliphatic carbocycles. The Labute approximate surface area is 114 Å². The van der Waals surface area contributed by atoms with E-state index in [-0.39, 0.29) is 0 Å². The normalized spacial score (nSPS) is 35.4. The highest BCUT2D eigenvalue weighted by Gasteiger charge is 2.41. The Morgan fingerprint density at radius 3 is 3.00 bits per heavy atom. The number of hydrogen-bond acceptors (Lipinski definition) is 2. The second-order valence-electron chi connectivity index (χ2n) is 5.86. The largest absolute Gasteiger partial charge is 0.389 e. The fourth-order valence-corrected chi connectivity index (χ4v) is 4.88. The van der Waals surface area contributed by atoms with Gasteiger partial charge < -0.3 is 5.11 Å². The van der Waals surface area contributed by atoms with Gasteiger partial charge in [0, 0.05) is 5.25 Å². The van der Waals surface area contributed by atoms with E-state index in [2.05, 4.69) is 31.2 Å². The molecule has 1 aromatic carbocycles. The summed E-state index contributed by atoms with van der Waals surface area (Å²) in [6.07, 6.45) is 5.67. The molecule has 1 aromatic rings. The summed E-state index contributed by atoms with van der Waals surface area (Å²) in [6.45, 7) is 2.19. The van der Waals surface area contributed by atoms with Gasteiger partial charge in [0.05, 0.1) is 5.60 Å². The Morgan fingerprint density at radius 2 is 2.22 bits per heavy atom. The molecular weight excluding hydrogens is 240 g/mol. The van der Waals surface area contributed by atoms with E-state index in [1.807, 2.05) is 11.8 Å². The predicted octanol–water partition coefficient (Wildman–Crippen LogP) is 3.75. The van der Waals surface area contributed by atoms with Crippen LogP contribution in [0.1, 0.15) is 49.7 Å². The molecule has 0 bridgehead atoms. The van der Waals surface area contributed by atoms with E-state index in [1.54, 1.807) is 0 Å². The summed E-state index contributed by atoms with van der Waals surface area (Å²) in [5, 5.41) is 11.2. The molecule has 1 fully saturated rings. The van der Waals surface area contributed by atoms with Crippen LogP contribution in [0.4, 0.5) is 0 Å². The van der Waals surface area contributed by atoms with Crippen molar-refractivity contribution >= 4 is 11.8 Å². The smallest absolute Gasteiger partial charge is 0.0776 e. The second kappa shape index (κ2) is 4.90. The van der Waals surface area contributed by atoms with E-state index < -0.39 is 5.60 Å². The number of thioether (sulfide) groups is 1. The molecule has 1 saturated heterocycles. The van der Waals surface area contributed by atoms with Crippen LogP contribution >= 0.6 is 11.8 Å². The molecule has 1 aliphatic heterocycles. The van der Waals surface area contributed by atoms with E-state index in [0.29, 0.717) is 11.2 Å². The number of rotatable bonds is 2. The van der Waals surface area contributed by atoms with E-state index in [4.69, 9.17) is 0 Å². The zero-order valence-electron chi connectivity index (χ0n) is 11.1. The highest BCUT2D eigenvalue weighted by Crippen LogP contribution is 2.44. The average Bonchev–Trinajstić information content (AvgIpc) is 2.70. The maximum atomic E-state index is 10.8. The molecule has 1 nitrogen and oxygen atoms in total. The first-order chi connectivity index (χ1) is 8.69. The molecule has 2 heteroatoms. The Balaban J connectivity index is 1.82. The molecule has 3 unspecified atom stereocenters. The lowest BCUT2D eigenvalue weighted by Crippen LogP contribution is -2.36. The number of hydrogen-bond donors (Lipinski definition) is 1. The van der Waals surface area contributed by atoms with E-state index in [1.165, 1.54) is 30.4 Å². The van der Waals surface area contributed by atoms with Crippen molar-refractivity contribution in [2.75, 3.05) is 5.75 Å². The van der Waals surface area contributed by atoms with Crippen molar-refractivity contribution in [1.29, 1.82) is 0 Å². The zero-order chi connectivity index (χ0) is 12.6. The predicted molar refractivity (Wildman–Crippen MR) is 78.2 cm³/mol. The zero-order valence-corrected chi connectivity index (χ0v) is 11.9. The fourth-order valence-electron chi connectivity index (χ4n) is 3.53. The summed E-state index contributed by atoms with van der Waals surface area (Å²) in [7, 11) is 0. The third-order valence-electron chi connectivity index (χ3n) is 4.75. The highest BCUT2D eigenvalue weighted by atomic mass is 32.2. The number of aryl methyl sites for hydroxylation is 1. The quantitative estimate of drug-likeness (QED) is 0.876. The van der Waals surface area contributed by atoms with Gasteiger partial charge in [-0.25, -0.2) is 0 Å². The van der Waals surface area contributed by atoms with Gasteiger partial charge in [0.25, 0.3) is 0 Å². The summed E-state index contributed by atoms with van der Waals surface area (Å²) in [6, 6.07) is 8.83.